The van der Waals surface area contributed by atoms with E-state index in [-0.39, 0.29) is 23.1 Å². The molecule has 35 heavy (non-hydrogen) atoms. The molecule has 0 fully saturated rings. The first-order valence-electron chi connectivity index (χ1n) is 11.0. The van der Waals surface area contributed by atoms with E-state index in [1.807, 2.05) is 54.6 Å². The van der Waals surface area contributed by atoms with E-state index in [0.717, 1.165) is 22.6 Å². The average Bonchev–Trinajstić information content (AvgIpc) is 2.95. The van der Waals surface area contributed by atoms with Gasteiger partial charge >= 0.3 is 0 Å². The molecule has 0 unspecified atom stereocenters. The molecule has 0 saturated heterocycles. The van der Waals surface area contributed by atoms with Crippen molar-refractivity contribution in [3.05, 3.63) is 95.6 Å². The molecule has 180 valence electrons. The number of para-hydroxylation sites is 1. The molecular formula is C26H23F2N3O3S. The number of thioether (sulfide) groups is 1. The fraction of sp³-hybridized carbons (Fsp3) is 0.192. The van der Waals surface area contributed by atoms with Gasteiger partial charge in [0.25, 0.3) is 0 Å². The third-order valence-electron chi connectivity index (χ3n) is 5.48. The molecule has 3 aromatic carbocycles. The summed E-state index contributed by atoms with van der Waals surface area (Å²) >= 11 is 1.50. The van der Waals surface area contributed by atoms with Gasteiger partial charge in [-0.2, -0.15) is 0 Å². The molecule has 9 heteroatoms. The number of amides is 3. The van der Waals surface area contributed by atoms with Crippen LogP contribution in [-0.2, 0) is 20.8 Å². The Morgan fingerprint density at radius 3 is 2.37 bits per heavy atom. The summed E-state index contributed by atoms with van der Waals surface area (Å²) in [5.74, 6) is -3.28. The SMILES string of the molecule is C[C@H](N[C@@H]1C(=O)Nc2ccccc2S[C@@H]1c1ccccc1)C(=O)NC(=O)Cc1cc(F)cc(F)c1. The summed E-state index contributed by atoms with van der Waals surface area (Å²) < 4.78 is 26.8. The zero-order valence-corrected chi connectivity index (χ0v) is 19.6. The summed E-state index contributed by atoms with van der Waals surface area (Å²) in [6.07, 6.45) is -0.366. The Bertz CT molecular complexity index is 1240. The van der Waals surface area contributed by atoms with Crippen LogP contribution >= 0.6 is 11.8 Å². The maximum absolute atomic E-state index is 13.4. The lowest BCUT2D eigenvalue weighted by Crippen LogP contribution is -2.53. The molecule has 0 spiro atoms. The molecule has 4 rings (SSSR count). The maximum atomic E-state index is 13.4. The number of benzene rings is 3. The van der Waals surface area contributed by atoms with E-state index < -0.39 is 35.5 Å². The molecule has 6 nitrogen and oxygen atoms in total. The van der Waals surface area contributed by atoms with Gasteiger partial charge in [0.2, 0.25) is 17.7 Å². The highest BCUT2D eigenvalue weighted by molar-refractivity contribution is 7.99. The zero-order valence-electron chi connectivity index (χ0n) is 18.8. The van der Waals surface area contributed by atoms with E-state index >= 15 is 0 Å². The minimum Gasteiger partial charge on any atom is -0.324 e. The van der Waals surface area contributed by atoms with Crippen LogP contribution in [-0.4, -0.2) is 29.8 Å². The predicted octanol–water partition coefficient (Wildman–Crippen LogP) is 3.98. The van der Waals surface area contributed by atoms with E-state index in [9.17, 15) is 23.2 Å². The Morgan fingerprint density at radius 2 is 1.66 bits per heavy atom. The lowest BCUT2D eigenvalue weighted by molar-refractivity contribution is -0.131. The van der Waals surface area contributed by atoms with E-state index in [1.54, 1.807) is 6.92 Å². The molecule has 3 N–H and O–H groups in total. The van der Waals surface area contributed by atoms with E-state index in [1.165, 1.54) is 11.8 Å². The van der Waals surface area contributed by atoms with Crippen LogP contribution in [0.3, 0.4) is 0 Å². The smallest absolute Gasteiger partial charge is 0.243 e. The van der Waals surface area contributed by atoms with Crippen molar-refractivity contribution < 1.29 is 23.2 Å². The monoisotopic (exact) mass is 495 g/mol. The Hall–Kier alpha value is -3.56. The predicted molar refractivity (Wildman–Crippen MR) is 130 cm³/mol. The summed E-state index contributed by atoms with van der Waals surface area (Å²) in [5, 5.41) is 7.86. The van der Waals surface area contributed by atoms with E-state index in [2.05, 4.69) is 16.0 Å². The standard InChI is InChI=1S/C26H23F2N3O3S/c1-15(25(33)31-22(32)13-16-11-18(27)14-19(28)12-16)29-23-24(17-7-3-2-4-8-17)35-21-10-6-5-9-20(21)30-26(23)34/h2-12,14-15,23-24,29H,13H2,1H3,(H,30,34)(H,31,32,33)/t15-,23-,24+/m0/s1. The molecule has 1 aliphatic heterocycles. The lowest BCUT2D eigenvalue weighted by Gasteiger charge is -2.27. The van der Waals surface area contributed by atoms with Crippen LogP contribution in [0.25, 0.3) is 0 Å². The highest BCUT2D eigenvalue weighted by atomic mass is 32.2. The third-order valence-corrected chi connectivity index (χ3v) is 6.89. The lowest BCUT2D eigenvalue weighted by atomic mass is 10.0. The molecule has 1 heterocycles. The Balaban J connectivity index is 1.48. The van der Waals surface area contributed by atoms with Gasteiger partial charge in [0.05, 0.1) is 23.4 Å². The van der Waals surface area contributed by atoms with Crippen LogP contribution in [0.5, 0.6) is 0 Å². The Morgan fingerprint density at radius 1 is 1.00 bits per heavy atom. The molecule has 0 radical (unpaired) electrons. The number of carbonyl (C=O) groups excluding carboxylic acids is 3. The summed E-state index contributed by atoms with van der Waals surface area (Å²) in [6.45, 7) is 1.54. The summed E-state index contributed by atoms with van der Waals surface area (Å²) in [6, 6.07) is 18.0. The van der Waals surface area contributed by atoms with Gasteiger partial charge < -0.3 is 5.32 Å². The van der Waals surface area contributed by atoms with E-state index in [4.69, 9.17) is 0 Å². The topological polar surface area (TPSA) is 87.3 Å². The minimum atomic E-state index is -0.910. The highest BCUT2D eigenvalue weighted by Gasteiger charge is 2.36. The highest BCUT2D eigenvalue weighted by Crippen LogP contribution is 2.43. The Kier molecular flexibility index (Phi) is 7.57. The number of hydrogen-bond donors (Lipinski definition) is 3. The third kappa shape index (κ3) is 6.12. The quantitative estimate of drug-likeness (QED) is 0.482. The first-order valence-corrected chi connectivity index (χ1v) is 11.8. The van der Waals surface area contributed by atoms with Crippen molar-refractivity contribution in [1.82, 2.24) is 10.6 Å². The molecular weight excluding hydrogens is 472 g/mol. The fourth-order valence-corrected chi connectivity index (χ4v) is 5.13. The van der Waals surface area contributed by atoms with Crippen LogP contribution in [0.4, 0.5) is 14.5 Å². The van der Waals surface area contributed by atoms with Gasteiger partial charge in [0.15, 0.2) is 0 Å². The van der Waals surface area contributed by atoms with Gasteiger partial charge in [-0.3, -0.25) is 25.0 Å². The first kappa shape index (κ1) is 24.6. The van der Waals surface area contributed by atoms with Crippen molar-refractivity contribution in [2.24, 2.45) is 0 Å². The molecule has 1 aliphatic rings. The second-order valence-electron chi connectivity index (χ2n) is 8.17. The van der Waals surface area contributed by atoms with Gasteiger partial charge in [-0.15, -0.1) is 11.8 Å². The van der Waals surface area contributed by atoms with E-state index in [0.29, 0.717) is 11.8 Å². The van der Waals surface area contributed by atoms with Gasteiger partial charge in [-0.1, -0.05) is 42.5 Å². The van der Waals surface area contributed by atoms with Crippen LogP contribution in [0.15, 0.2) is 77.7 Å². The summed E-state index contributed by atoms with van der Waals surface area (Å²) in [4.78, 5) is 39.1. The number of nitrogens with one attached hydrogen (secondary N) is 3. The number of imide groups is 1. The second-order valence-corrected chi connectivity index (χ2v) is 9.35. The van der Waals surface area contributed by atoms with Crippen molar-refractivity contribution in [1.29, 1.82) is 0 Å². The maximum Gasteiger partial charge on any atom is 0.243 e. The number of anilines is 1. The molecule has 0 saturated carbocycles. The van der Waals surface area contributed by atoms with Crippen LogP contribution in [0.1, 0.15) is 23.3 Å². The molecule has 3 aromatic rings. The summed E-state index contributed by atoms with van der Waals surface area (Å²) in [7, 11) is 0. The molecule has 3 amide bonds. The largest absolute Gasteiger partial charge is 0.324 e. The van der Waals surface area contributed by atoms with Crippen LogP contribution in [0.2, 0.25) is 0 Å². The number of rotatable bonds is 6. The zero-order chi connectivity index (χ0) is 24.9. The number of carbonyl (C=O) groups is 3. The number of hydrogen-bond acceptors (Lipinski definition) is 5. The normalized spacial score (nSPS) is 18.1. The van der Waals surface area contributed by atoms with Crippen molar-refractivity contribution in [2.45, 2.75) is 35.6 Å². The first-order chi connectivity index (χ1) is 16.8. The minimum absolute atomic E-state index is 0.106. The number of fused-ring (bicyclic) bond motifs is 1. The summed E-state index contributed by atoms with van der Waals surface area (Å²) in [5.41, 5.74) is 1.69. The van der Waals surface area contributed by atoms with Gasteiger partial charge in [-0.05, 0) is 42.3 Å². The van der Waals surface area contributed by atoms with Gasteiger partial charge in [-0.25, -0.2) is 8.78 Å². The van der Waals surface area contributed by atoms with Crippen LogP contribution < -0.4 is 16.0 Å². The molecule has 0 bridgehead atoms. The molecule has 0 aliphatic carbocycles. The van der Waals surface area contributed by atoms with Gasteiger partial charge in [0, 0.05) is 11.0 Å². The number of halogens is 2. The Labute approximate surface area is 205 Å². The van der Waals surface area contributed by atoms with Gasteiger partial charge in [0.1, 0.15) is 17.7 Å². The second kappa shape index (κ2) is 10.8. The fourth-order valence-electron chi connectivity index (χ4n) is 3.83. The van der Waals surface area contributed by atoms with Crippen LogP contribution in [0, 0.1) is 11.6 Å². The molecule has 3 atom stereocenters. The van der Waals surface area contributed by atoms with Crippen molar-refractivity contribution in [3.8, 4) is 0 Å². The average molecular weight is 496 g/mol. The van der Waals surface area contributed by atoms with Crippen molar-refractivity contribution in [3.63, 3.8) is 0 Å². The van der Waals surface area contributed by atoms with Crippen molar-refractivity contribution >= 4 is 35.2 Å². The molecule has 0 aromatic heterocycles. The van der Waals surface area contributed by atoms with Crippen molar-refractivity contribution in [2.75, 3.05) is 5.32 Å².